The highest BCUT2D eigenvalue weighted by molar-refractivity contribution is 5.96. The first-order valence-electron chi connectivity index (χ1n) is 7.18. The maximum Gasteiger partial charge on any atom is 0.416 e. The summed E-state index contributed by atoms with van der Waals surface area (Å²) in [7, 11) is 0. The quantitative estimate of drug-likeness (QED) is 0.886. The van der Waals surface area contributed by atoms with Crippen LogP contribution in [-0.4, -0.2) is 24.0 Å². The molecule has 1 aliphatic rings. The topological polar surface area (TPSA) is 50.7 Å². The number of ether oxygens (including phenoxy) is 1. The molecule has 1 heterocycles. The van der Waals surface area contributed by atoms with Crippen molar-refractivity contribution in [3.63, 3.8) is 0 Å². The first-order valence-corrected chi connectivity index (χ1v) is 7.18. The van der Waals surface area contributed by atoms with Gasteiger partial charge in [0.05, 0.1) is 17.0 Å². The van der Waals surface area contributed by atoms with E-state index < -0.39 is 23.4 Å². The lowest BCUT2D eigenvalue weighted by Gasteiger charge is -2.19. The maximum atomic E-state index is 13.1. The van der Waals surface area contributed by atoms with E-state index in [1.54, 1.807) is 33.8 Å². The first-order chi connectivity index (χ1) is 10.5. The van der Waals surface area contributed by atoms with Crippen molar-refractivity contribution in [1.29, 1.82) is 0 Å². The monoisotopic (exact) mass is 328 g/mol. The van der Waals surface area contributed by atoms with Crippen molar-refractivity contribution in [2.24, 2.45) is 4.99 Å². The summed E-state index contributed by atoms with van der Waals surface area (Å²) in [4.78, 5) is 15.8. The summed E-state index contributed by atoms with van der Waals surface area (Å²) in [5, 5.41) is 2.61. The molecule has 4 nitrogen and oxygen atoms in total. The van der Waals surface area contributed by atoms with Crippen molar-refractivity contribution in [3.8, 4) is 0 Å². The van der Waals surface area contributed by atoms with Crippen LogP contribution in [0.15, 0.2) is 17.1 Å². The molecule has 0 saturated heterocycles. The Morgan fingerprint density at radius 2 is 1.96 bits per heavy atom. The summed E-state index contributed by atoms with van der Waals surface area (Å²) in [6, 6.07) is 2.72. The van der Waals surface area contributed by atoms with Gasteiger partial charge in [0.25, 0.3) is 0 Å². The van der Waals surface area contributed by atoms with Gasteiger partial charge in [0.1, 0.15) is 6.61 Å². The lowest BCUT2D eigenvalue weighted by Crippen LogP contribution is -2.41. The molecule has 1 aliphatic heterocycles. The number of aryl methyl sites for hydroxylation is 1. The van der Waals surface area contributed by atoms with E-state index >= 15 is 0 Å². The Labute approximate surface area is 132 Å². The predicted molar refractivity (Wildman–Crippen MR) is 81.2 cm³/mol. The number of carbonyl (C=O) groups is 1. The number of halogens is 3. The molecule has 0 radical (unpaired) electrons. The average molecular weight is 328 g/mol. The molecule has 23 heavy (non-hydrogen) atoms. The number of alkyl halides is 3. The van der Waals surface area contributed by atoms with Crippen LogP contribution in [0.5, 0.6) is 0 Å². The third-order valence-electron chi connectivity index (χ3n) is 3.18. The molecule has 1 N–H and O–H groups in total. The van der Waals surface area contributed by atoms with Crippen LogP contribution in [0.3, 0.4) is 0 Å². The molecule has 0 fully saturated rings. The number of fused-ring (bicyclic) bond motifs is 1. The van der Waals surface area contributed by atoms with E-state index in [1.165, 1.54) is 0 Å². The summed E-state index contributed by atoms with van der Waals surface area (Å²) < 4.78 is 44.3. The van der Waals surface area contributed by atoms with E-state index in [9.17, 15) is 18.0 Å². The fraction of sp³-hybridized carbons (Fsp3) is 0.500. The molecule has 0 unspecified atom stereocenters. The standard InChI is InChI=1S/C16H19F3N2O2/c1-9-5-12(16(17,18)19)11-7-10(20-13(11)6-9)8-23-14(22)21-15(2,3)4/h5-6H,7-8H2,1-4H3,(H,21,22). The van der Waals surface area contributed by atoms with E-state index in [0.717, 1.165) is 6.07 Å². The van der Waals surface area contributed by atoms with E-state index in [4.69, 9.17) is 4.74 Å². The van der Waals surface area contributed by atoms with Gasteiger partial charge in [-0.1, -0.05) is 0 Å². The summed E-state index contributed by atoms with van der Waals surface area (Å²) in [5.41, 5.74) is 0.209. The molecule has 7 heteroatoms. The number of hydrogen-bond acceptors (Lipinski definition) is 3. The van der Waals surface area contributed by atoms with Crippen LogP contribution in [0.2, 0.25) is 0 Å². The highest BCUT2D eigenvalue weighted by atomic mass is 19.4. The second-order valence-corrected chi connectivity index (χ2v) is 6.61. The molecular formula is C16H19F3N2O2. The summed E-state index contributed by atoms with van der Waals surface area (Å²) in [5.74, 6) is 0. The molecule has 0 spiro atoms. The molecular weight excluding hydrogens is 309 g/mol. The maximum absolute atomic E-state index is 13.1. The zero-order valence-electron chi connectivity index (χ0n) is 13.5. The van der Waals surface area contributed by atoms with Gasteiger partial charge in [0.15, 0.2) is 0 Å². The lowest BCUT2D eigenvalue weighted by atomic mass is 10.00. The number of alkyl carbamates (subject to hydrolysis) is 1. The van der Waals surface area contributed by atoms with Gasteiger partial charge in [-0.2, -0.15) is 13.2 Å². The number of nitrogens with zero attached hydrogens (tertiary/aromatic N) is 1. The Bertz CT molecular complexity index is 659. The van der Waals surface area contributed by atoms with Gasteiger partial charge in [-0.25, -0.2) is 4.79 Å². The van der Waals surface area contributed by atoms with Crippen LogP contribution in [-0.2, 0) is 17.3 Å². The van der Waals surface area contributed by atoms with Crippen molar-refractivity contribution in [3.05, 3.63) is 28.8 Å². The number of rotatable bonds is 2. The van der Waals surface area contributed by atoms with E-state index in [0.29, 0.717) is 17.0 Å². The second-order valence-electron chi connectivity index (χ2n) is 6.61. The van der Waals surface area contributed by atoms with Crippen LogP contribution in [0.4, 0.5) is 23.7 Å². The van der Waals surface area contributed by atoms with Crippen molar-refractivity contribution < 1.29 is 22.7 Å². The molecule has 2 rings (SSSR count). The van der Waals surface area contributed by atoms with E-state index in [-0.39, 0.29) is 18.6 Å². The lowest BCUT2D eigenvalue weighted by molar-refractivity contribution is -0.138. The molecule has 0 atom stereocenters. The molecule has 1 aromatic rings. The minimum absolute atomic E-state index is 0.0350. The number of carbonyl (C=O) groups excluding carboxylic acids is 1. The highest BCUT2D eigenvalue weighted by Crippen LogP contribution is 2.40. The Hall–Kier alpha value is -2.05. The first kappa shape index (κ1) is 17.3. The molecule has 0 saturated carbocycles. The van der Waals surface area contributed by atoms with Gasteiger partial charge in [0.2, 0.25) is 0 Å². The van der Waals surface area contributed by atoms with Crippen molar-refractivity contribution >= 4 is 17.5 Å². The number of amides is 1. The Kier molecular flexibility index (Phi) is 4.41. The van der Waals surface area contributed by atoms with Gasteiger partial charge in [0, 0.05) is 12.0 Å². The molecule has 0 aliphatic carbocycles. The second kappa shape index (κ2) is 5.86. The van der Waals surface area contributed by atoms with E-state index in [2.05, 4.69) is 10.3 Å². The van der Waals surface area contributed by atoms with Crippen LogP contribution in [0.25, 0.3) is 0 Å². The SMILES string of the molecule is Cc1cc2c(c(C(F)(F)F)c1)CC(COC(=O)NC(C)(C)C)=N2. The van der Waals surface area contributed by atoms with Crippen molar-refractivity contribution in [2.45, 2.75) is 45.8 Å². The number of hydrogen-bond donors (Lipinski definition) is 1. The summed E-state index contributed by atoms with van der Waals surface area (Å²) in [6.07, 6.45) is -5.01. The van der Waals surface area contributed by atoms with Gasteiger partial charge >= 0.3 is 12.3 Å². The zero-order valence-corrected chi connectivity index (χ0v) is 13.5. The Balaban J connectivity index is 2.09. The molecule has 0 aromatic heterocycles. The minimum atomic E-state index is -4.43. The average Bonchev–Trinajstić information content (AvgIpc) is 2.74. The fourth-order valence-corrected chi connectivity index (χ4v) is 2.32. The van der Waals surface area contributed by atoms with Gasteiger partial charge in [-0.05, 0) is 51.0 Å². The molecule has 0 bridgehead atoms. The van der Waals surface area contributed by atoms with Crippen LogP contribution in [0.1, 0.15) is 37.5 Å². The van der Waals surface area contributed by atoms with Crippen LogP contribution in [0, 0.1) is 6.92 Å². The third kappa shape index (κ3) is 4.46. The van der Waals surface area contributed by atoms with Crippen LogP contribution >= 0.6 is 0 Å². The largest absolute Gasteiger partial charge is 0.443 e. The predicted octanol–water partition coefficient (Wildman–Crippen LogP) is 4.17. The van der Waals surface area contributed by atoms with Crippen molar-refractivity contribution in [2.75, 3.05) is 6.61 Å². The Morgan fingerprint density at radius 1 is 1.30 bits per heavy atom. The number of benzene rings is 1. The fourth-order valence-electron chi connectivity index (χ4n) is 2.32. The molecule has 126 valence electrons. The van der Waals surface area contributed by atoms with Crippen LogP contribution < -0.4 is 5.32 Å². The smallest absolute Gasteiger partial charge is 0.416 e. The highest BCUT2D eigenvalue weighted by Gasteiger charge is 2.36. The van der Waals surface area contributed by atoms with Gasteiger partial charge < -0.3 is 10.1 Å². The van der Waals surface area contributed by atoms with Crippen molar-refractivity contribution in [1.82, 2.24) is 5.32 Å². The summed E-state index contributed by atoms with van der Waals surface area (Å²) >= 11 is 0. The summed E-state index contributed by atoms with van der Waals surface area (Å²) in [6.45, 7) is 6.87. The third-order valence-corrected chi connectivity index (χ3v) is 3.18. The van der Waals surface area contributed by atoms with Gasteiger partial charge in [-0.15, -0.1) is 0 Å². The van der Waals surface area contributed by atoms with E-state index in [1.807, 2.05) is 0 Å². The number of nitrogens with one attached hydrogen (secondary N) is 1. The Morgan fingerprint density at radius 3 is 2.52 bits per heavy atom. The minimum Gasteiger partial charge on any atom is -0.443 e. The molecule has 1 amide bonds. The number of aliphatic imine (C=N–C) groups is 1. The zero-order chi connectivity index (χ0) is 17.4. The van der Waals surface area contributed by atoms with Gasteiger partial charge in [-0.3, -0.25) is 4.99 Å². The normalized spacial score (nSPS) is 14.3. The molecule has 1 aromatic carbocycles.